The molecule has 0 fully saturated rings. The summed E-state index contributed by atoms with van der Waals surface area (Å²) >= 11 is 0. The number of carbonyl (C=O) groups excluding carboxylic acids is 2. The Morgan fingerprint density at radius 3 is 2.32 bits per heavy atom. The maximum absolute atomic E-state index is 12.7. The van der Waals surface area contributed by atoms with Gasteiger partial charge >= 0.3 is 11.7 Å². The van der Waals surface area contributed by atoms with Crippen LogP contribution >= 0.6 is 0 Å². The molecule has 0 aliphatic heterocycles. The van der Waals surface area contributed by atoms with Gasteiger partial charge in [-0.15, -0.1) is 0 Å². The number of esters is 1. The summed E-state index contributed by atoms with van der Waals surface area (Å²) in [6, 6.07) is 7.80. The molecule has 0 radical (unpaired) electrons. The van der Waals surface area contributed by atoms with E-state index in [0.717, 1.165) is 28.7 Å². The highest BCUT2D eigenvalue weighted by Gasteiger charge is 2.31. The molecule has 1 aromatic carbocycles. The Morgan fingerprint density at radius 2 is 1.74 bits per heavy atom. The number of ether oxygens (including phenoxy) is 1. The molecule has 0 saturated carbocycles. The van der Waals surface area contributed by atoms with E-state index in [1.54, 1.807) is 11.6 Å². The lowest BCUT2D eigenvalue weighted by Crippen LogP contribution is -2.21. The smallest absolute Gasteiger partial charge is 0.365 e. The van der Waals surface area contributed by atoms with Crippen LogP contribution in [0.25, 0.3) is 5.69 Å². The number of aryl methyl sites for hydroxylation is 2. The van der Waals surface area contributed by atoms with Crippen molar-refractivity contribution in [2.75, 3.05) is 12.4 Å². The molecule has 11 heteroatoms. The summed E-state index contributed by atoms with van der Waals surface area (Å²) in [5.74, 6) is -1.41. The SMILES string of the molecule is COC(=O)c1nn(CC(=O)Nc2c(C)nn(-c3ccc(C)cc3)c2C)c(C)c1[N+](=O)[O-]. The van der Waals surface area contributed by atoms with Gasteiger partial charge in [-0.05, 0) is 39.8 Å². The van der Waals surface area contributed by atoms with E-state index >= 15 is 0 Å². The first-order valence-corrected chi connectivity index (χ1v) is 9.37. The van der Waals surface area contributed by atoms with Gasteiger partial charge in [0, 0.05) is 0 Å². The van der Waals surface area contributed by atoms with Crippen LogP contribution in [0.4, 0.5) is 11.4 Å². The number of amides is 1. The fraction of sp³-hybridized carbons (Fsp3) is 0.300. The van der Waals surface area contributed by atoms with Gasteiger partial charge in [0.05, 0.1) is 34.8 Å². The van der Waals surface area contributed by atoms with E-state index in [9.17, 15) is 19.7 Å². The number of nitrogens with zero attached hydrogens (tertiary/aromatic N) is 5. The van der Waals surface area contributed by atoms with E-state index in [1.807, 2.05) is 38.1 Å². The minimum atomic E-state index is -0.944. The van der Waals surface area contributed by atoms with Gasteiger partial charge < -0.3 is 10.1 Å². The topological polar surface area (TPSA) is 134 Å². The lowest BCUT2D eigenvalue weighted by Gasteiger charge is -2.08. The van der Waals surface area contributed by atoms with Crippen molar-refractivity contribution in [3.05, 3.63) is 62.7 Å². The van der Waals surface area contributed by atoms with Crippen molar-refractivity contribution in [3.63, 3.8) is 0 Å². The Balaban J connectivity index is 1.86. The monoisotopic (exact) mass is 426 g/mol. The van der Waals surface area contributed by atoms with E-state index in [0.29, 0.717) is 11.4 Å². The number of aromatic nitrogens is 4. The Hall–Kier alpha value is -4.02. The van der Waals surface area contributed by atoms with Crippen LogP contribution in [0.2, 0.25) is 0 Å². The second kappa shape index (κ2) is 8.38. The molecule has 0 saturated heterocycles. The molecule has 1 N–H and O–H groups in total. The van der Waals surface area contributed by atoms with Crippen LogP contribution in [0.3, 0.4) is 0 Å². The van der Waals surface area contributed by atoms with Gasteiger partial charge in [0.2, 0.25) is 11.6 Å². The highest BCUT2D eigenvalue weighted by molar-refractivity contribution is 5.93. The van der Waals surface area contributed by atoms with Crippen LogP contribution in [0.1, 0.15) is 33.1 Å². The third-order valence-electron chi connectivity index (χ3n) is 4.86. The number of nitrogens with one attached hydrogen (secondary N) is 1. The van der Waals surface area contributed by atoms with Crippen molar-refractivity contribution < 1.29 is 19.2 Å². The second-order valence-corrected chi connectivity index (χ2v) is 7.03. The van der Waals surface area contributed by atoms with E-state index < -0.39 is 28.2 Å². The lowest BCUT2D eigenvalue weighted by molar-refractivity contribution is -0.385. The van der Waals surface area contributed by atoms with Crippen molar-refractivity contribution in [1.82, 2.24) is 19.6 Å². The molecule has 31 heavy (non-hydrogen) atoms. The summed E-state index contributed by atoms with van der Waals surface area (Å²) in [7, 11) is 1.10. The summed E-state index contributed by atoms with van der Waals surface area (Å²) in [5.41, 5.74) is 3.00. The van der Waals surface area contributed by atoms with Gasteiger partial charge in [-0.3, -0.25) is 19.6 Å². The number of hydrogen-bond donors (Lipinski definition) is 1. The Morgan fingerprint density at radius 1 is 1.10 bits per heavy atom. The number of carbonyl (C=O) groups is 2. The Labute approximate surface area is 177 Å². The number of benzene rings is 1. The zero-order chi connectivity index (χ0) is 22.9. The Bertz CT molecular complexity index is 1180. The first-order chi connectivity index (χ1) is 14.6. The van der Waals surface area contributed by atoms with Crippen molar-refractivity contribution in [2.24, 2.45) is 0 Å². The second-order valence-electron chi connectivity index (χ2n) is 7.03. The van der Waals surface area contributed by atoms with Gasteiger partial charge in [0.25, 0.3) is 0 Å². The highest BCUT2D eigenvalue weighted by Crippen LogP contribution is 2.25. The average molecular weight is 426 g/mol. The molecule has 0 atom stereocenters. The highest BCUT2D eigenvalue weighted by atomic mass is 16.6. The largest absolute Gasteiger partial charge is 0.464 e. The number of methoxy groups -OCH3 is 1. The number of nitro groups is 1. The van der Waals surface area contributed by atoms with E-state index in [4.69, 9.17) is 0 Å². The summed E-state index contributed by atoms with van der Waals surface area (Å²) in [5, 5.41) is 22.5. The Kier molecular flexibility index (Phi) is 5.86. The number of rotatable bonds is 6. The van der Waals surface area contributed by atoms with Crippen LogP contribution in [0, 0.1) is 37.8 Å². The van der Waals surface area contributed by atoms with Crippen LogP contribution in [0.15, 0.2) is 24.3 Å². The quantitative estimate of drug-likeness (QED) is 0.364. The van der Waals surface area contributed by atoms with Gasteiger partial charge in [-0.1, -0.05) is 17.7 Å². The normalized spacial score (nSPS) is 10.7. The van der Waals surface area contributed by atoms with Crippen molar-refractivity contribution in [1.29, 1.82) is 0 Å². The zero-order valence-electron chi connectivity index (χ0n) is 17.8. The van der Waals surface area contributed by atoms with Crippen molar-refractivity contribution >= 4 is 23.3 Å². The fourth-order valence-electron chi connectivity index (χ4n) is 3.22. The number of anilines is 1. The molecule has 0 aliphatic rings. The maximum atomic E-state index is 12.7. The first-order valence-electron chi connectivity index (χ1n) is 9.37. The van der Waals surface area contributed by atoms with Crippen LogP contribution < -0.4 is 5.32 Å². The molecular weight excluding hydrogens is 404 g/mol. The van der Waals surface area contributed by atoms with Gasteiger partial charge in [0.1, 0.15) is 12.2 Å². The molecule has 0 aliphatic carbocycles. The van der Waals surface area contributed by atoms with Gasteiger partial charge in [-0.2, -0.15) is 10.2 Å². The van der Waals surface area contributed by atoms with E-state index in [-0.39, 0.29) is 12.2 Å². The standard InChI is InChI=1S/C20H22N6O5/c1-11-6-8-15(9-7-11)25-13(3)17(12(2)22-25)21-16(27)10-24-14(4)19(26(29)30)18(23-24)20(28)31-5/h6-9H,10H2,1-5H3,(H,21,27). The van der Waals surface area contributed by atoms with E-state index in [2.05, 4.69) is 20.3 Å². The third-order valence-corrected chi connectivity index (χ3v) is 4.86. The minimum absolute atomic E-state index is 0.0735. The molecule has 0 spiro atoms. The molecule has 3 aromatic rings. The lowest BCUT2D eigenvalue weighted by atomic mass is 10.2. The first kappa shape index (κ1) is 21.7. The molecule has 2 heterocycles. The summed E-state index contributed by atoms with van der Waals surface area (Å²) in [6.45, 7) is 6.68. The number of hydrogen-bond acceptors (Lipinski definition) is 7. The fourth-order valence-corrected chi connectivity index (χ4v) is 3.22. The predicted molar refractivity (Wildman–Crippen MR) is 111 cm³/mol. The van der Waals surface area contributed by atoms with Gasteiger partial charge in [0.15, 0.2) is 0 Å². The van der Waals surface area contributed by atoms with Crippen molar-refractivity contribution in [2.45, 2.75) is 34.2 Å². The molecule has 0 bridgehead atoms. The third kappa shape index (κ3) is 4.15. The molecule has 0 unspecified atom stereocenters. The van der Waals surface area contributed by atoms with Crippen LogP contribution in [0.5, 0.6) is 0 Å². The van der Waals surface area contributed by atoms with Gasteiger partial charge in [-0.25, -0.2) is 9.48 Å². The molecule has 11 nitrogen and oxygen atoms in total. The van der Waals surface area contributed by atoms with Crippen LogP contribution in [-0.2, 0) is 16.1 Å². The summed E-state index contributed by atoms with van der Waals surface area (Å²) in [4.78, 5) is 35.1. The summed E-state index contributed by atoms with van der Waals surface area (Å²) in [6.07, 6.45) is 0. The van der Waals surface area contributed by atoms with Crippen molar-refractivity contribution in [3.8, 4) is 5.69 Å². The maximum Gasteiger partial charge on any atom is 0.365 e. The predicted octanol–water partition coefficient (Wildman–Crippen LogP) is 2.64. The average Bonchev–Trinajstić information content (AvgIpc) is 3.19. The zero-order valence-corrected chi connectivity index (χ0v) is 17.8. The van der Waals surface area contributed by atoms with Crippen LogP contribution in [-0.4, -0.2) is 43.5 Å². The molecular formula is C20H22N6O5. The molecule has 162 valence electrons. The molecule has 2 aromatic heterocycles. The molecule has 3 rings (SSSR count). The summed E-state index contributed by atoms with van der Waals surface area (Å²) < 4.78 is 7.38. The minimum Gasteiger partial charge on any atom is -0.464 e. The van der Waals surface area contributed by atoms with E-state index in [1.165, 1.54) is 6.92 Å². The molecule has 1 amide bonds.